The number of fused-ring (bicyclic) bond motifs is 1. The molecule has 3 aliphatic heterocycles. The number of hydrazone groups is 1. The molecule has 9 heteroatoms. The average molecular weight is 490 g/mol. The van der Waals surface area contributed by atoms with Crippen LogP contribution in [0.25, 0.3) is 6.08 Å². The molecule has 0 bridgehead atoms. The smallest absolute Gasteiger partial charge is 0.283 e. The second-order valence-electron chi connectivity index (χ2n) is 8.48. The fourth-order valence-electron chi connectivity index (χ4n) is 3.99. The van der Waals surface area contributed by atoms with Gasteiger partial charge < -0.3 is 14.4 Å². The van der Waals surface area contributed by atoms with Crippen LogP contribution in [0.15, 0.2) is 64.2 Å². The zero-order chi connectivity index (χ0) is 24.2. The molecule has 0 unspecified atom stereocenters. The maximum atomic E-state index is 12.6. The van der Waals surface area contributed by atoms with E-state index in [0.29, 0.717) is 18.4 Å². The van der Waals surface area contributed by atoms with Crippen molar-refractivity contribution in [3.63, 3.8) is 0 Å². The Labute approximate surface area is 208 Å². The minimum Gasteiger partial charge on any atom is -0.493 e. The number of aryl methyl sites for hydroxylation is 1. The third-order valence-corrected chi connectivity index (χ3v) is 6.89. The standard InChI is InChI=1S/C26H27N5O3S/c1-18-7-2-3-8-22(18)34-16-6-15-33-20-11-9-19(10-12-20)17-21-23(27)31-25(28-24(21)32)35-26(29-31)30-13-4-5-14-30/h2-3,7-12,17,27H,4-6,13-16H2,1H3/b21-17-,27-23?. The largest absolute Gasteiger partial charge is 0.493 e. The van der Waals surface area contributed by atoms with Gasteiger partial charge in [-0.15, -0.1) is 5.10 Å². The number of para-hydroxylation sites is 1. The van der Waals surface area contributed by atoms with Crippen LogP contribution >= 0.6 is 11.8 Å². The third-order valence-electron chi connectivity index (χ3n) is 5.92. The van der Waals surface area contributed by atoms with E-state index in [1.807, 2.05) is 55.5 Å². The molecule has 1 N–H and O–H groups in total. The van der Waals surface area contributed by atoms with Gasteiger partial charge in [0.25, 0.3) is 5.91 Å². The second kappa shape index (κ2) is 10.4. The van der Waals surface area contributed by atoms with Gasteiger partial charge in [-0.1, -0.05) is 30.3 Å². The SMILES string of the molecule is Cc1ccccc1OCCCOc1ccc(/C=C2/C(=N)N3N=C(N4CCCC4)SC3=NC2=O)cc1. The summed E-state index contributed by atoms with van der Waals surface area (Å²) < 4.78 is 11.6. The molecule has 0 atom stereocenters. The number of nitrogens with one attached hydrogen (secondary N) is 1. The number of hydrogen-bond donors (Lipinski definition) is 1. The third kappa shape index (κ3) is 5.24. The predicted molar refractivity (Wildman–Crippen MR) is 139 cm³/mol. The first-order chi connectivity index (χ1) is 17.1. The molecule has 1 fully saturated rings. The van der Waals surface area contributed by atoms with Crippen molar-refractivity contribution in [2.24, 2.45) is 10.1 Å². The Bertz CT molecular complexity index is 1220. The zero-order valence-electron chi connectivity index (χ0n) is 19.6. The summed E-state index contributed by atoms with van der Waals surface area (Å²) in [6, 6.07) is 15.4. The molecular weight excluding hydrogens is 462 g/mol. The molecule has 180 valence electrons. The minimum absolute atomic E-state index is 0.0516. The quantitative estimate of drug-likeness (QED) is 0.454. The number of carbonyl (C=O) groups is 1. The lowest BCUT2D eigenvalue weighted by atomic mass is 10.1. The first-order valence-electron chi connectivity index (χ1n) is 11.7. The molecule has 0 radical (unpaired) electrons. The summed E-state index contributed by atoms with van der Waals surface area (Å²) in [5, 5.41) is 15.8. The van der Waals surface area contributed by atoms with Crippen molar-refractivity contribution in [1.29, 1.82) is 5.41 Å². The lowest BCUT2D eigenvalue weighted by Crippen LogP contribution is -2.35. The van der Waals surface area contributed by atoms with Crippen LogP contribution in [-0.4, -0.2) is 58.3 Å². The van der Waals surface area contributed by atoms with Crippen molar-refractivity contribution in [2.75, 3.05) is 26.3 Å². The van der Waals surface area contributed by atoms with Crippen molar-refractivity contribution in [2.45, 2.75) is 26.2 Å². The number of hydrogen-bond acceptors (Lipinski definition) is 7. The Hall–Kier alpha value is -3.59. The van der Waals surface area contributed by atoms with E-state index in [9.17, 15) is 4.79 Å². The van der Waals surface area contributed by atoms with Crippen LogP contribution in [0.3, 0.4) is 0 Å². The molecule has 1 saturated heterocycles. The number of thioether (sulfide) groups is 1. The van der Waals surface area contributed by atoms with Crippen LogP contribution in [0, 0.1) is 12.3 Å². The van der Waals surface area contributed by atoms with Crippen molar-refractivity contribution in [3.05, 3.63) is 65.2 Å². The number of amidine groups is 3. The lowest BCUT2D eigenvalue weighted by molar-refractivity contribution is -0.114. The number of likely N-dealkylation sites (tertiary alicyclic amines) is 1. The normalized spacial score (nSPS) is 18.6. The molecule has 3 aliphatic rings. The number of nitrogens with zero attached hydrogens (tertiary/aromatic N) is 4. The molecule has 5 rings (SSSR count). The van der Waals surface area contributed by atoms with E-state index in [1.54, 1.807) is 6.08 Å². The molecule has 2 aromatic rings. The maximum Gasteiger partial charge on any atom is 0.283 e. The fourth-order valence-corrected chi connectivity index (χ4v) is 4.94. The minimum atomic E-state index is -0.416. The number of benzene rings is 2. The predicted octanol–water partition coefficient (Wildman–Crippen LogP) is 4.52. The van der Waals surface area contributed by atoms with Gasteiger partial charge in [-0.2, -0.15) is 10.0 Å². The monoisotopic (exact) mass is 489 g/mol. The Morgan fingerprint density at radius 3 is 2.54 bits per heavy atom. The van der Waals surface area contributed by atoms with Gasteiger partial charge in [0.1, 0.15) is 11.5 Å². The maximum absolute atomic E-state index is 12.6. The van der Waals surface area contributed by atoms with Crippen LogP contribution in [-0.2, 0) is 4.79 Å². The number of carbonyl (C=O) groups excluding carboxylic acids is 1. The number of amides is 1. The van der Waals surface area contributed by atoms with Gasteiger partial charge in [0.15, 0.2) is 11.0 Å². The van der Waals surface area contributed by atoms with Crippen LogP contribution in [0.4, 0.5) is 0 Å². The van der Waals surface area contributed by atoms with Gasteiger partial charge in [0.05, 0.1) is 18.8 Å². The highest BCUT2D eigenvalue weighted by atomic mass is 32.2. The molecule has 0 saturated carbocycles. The van der Waals surface area contributed by atoms with Crippen molar-refractivity contribution >= 4 is 39.9 Å². The van der Waals surface area contributed by atoms with Gasteiger partial charge in [-0.05, 0) is 66.9 Å². The van der Waals surface area contributed by atoms with Gasteiger partial charge in [0, 0.05) is 19.5 Å². The second-order valence-corrected chi connectivity index (χ2v) is 9.42. The summed E-state index contributed by atoms with van der Waals surface area (Å²) in [7, 11) is 0. The van der Waals surface area contributed by atoms with Gasteiger partial charge in [-0.3, -0.25) is 10.2 Å². The summed E-state index contributed by atoms with van der Waals surface area (Å²) in [5.41, 5.74) is 2.14. The first kappa shape index (κ1) is 23.2. The number of ether oxygens (including phenoxy) is 2. The van der Waals surface area contributed by atoms with E-state index in [1.165, 1.54) is 16.8 Å². The van der Waals surface area contributed by atoms with Crippen LogP contribution < -0.4 is 9.47 Å². The Morgan fingerprint density at radius 1 is 1.03 bits per heavy atom. The zero-order valence-corrected chi connectivity index (χ0v) is 20.4. The molecule has 3 heterocycles. The van der Waals surface area contributed by atoms with Crippen LogP contribution in [0.5, 0.6) is 11.5 Å². The van der Waals surface area contributed by atoms with E-state index in [0.717, 1.165) is 60.1 Å². The highest BCUT2D eigenvalue weighted by molar-refractivity contribution is 8.26. The Balaban J connectivity index is 1.16. The van der Waals surface area contributed by atoms with E-state index in [2.05, 4.69) is 15.0 Å². The molecule has 35 heavy (non-hydrogen) atoms. The topological polar surface area (TPSA) is 90.6 Å². The summed E-state index contributed by atoms with van der Waals surface area (Å²) in [5.74, 6) is 1.27. The van der Waals surface area contributed by atoms with E-state index >= 15 is 0 Å². The van der Waals surface area contributed by atoms with E-state index in [4.69, 9.17) is 14.9 Å². The number of rotatable bonds is 7. The fraction of sp³-hybridized carbons (Fsp3) is 0.308. The van der Waals surface area contributed by atoms with E-state index in [-0.39, 0.29) is 11.4 Å². The molecule has 2 aromatic carbocycles. The molecular formula is C26H27N5O3S. The summed E-state index contributed by atoms with van der Waals surface area (Å²) in [4.78, 5) is 19.0. The summed E-state index contributed by atoms with van der Waals surface area (Å²) in [6.07, 6.45) is 4.71. The molecule has 0 aliphatic carbocycles. The lowest BCUT2D eigenvalue weighted by Gasteiger charge is -2.20. The highest BCUT2D eigenvalue weighted by Crippen LogP contribution is 2.31. The Morgan fingerprint density at radius 2 is 1.77 bits per heavy atom. The summed E-state index contributed by atoms with van der Waals surface area (Å²) in [6.45, 7) is 5.05. The highest BCUT2D eigenvalue weighted by Gasteiger charge is 2.37. The molecule has 0 aromatic heterocycles. The van der Waals surface area contributed by atoms with Crippen LogP contribution in [0.2, 0.25) is 0 Å². The van der Waals surface area contributed by atoms with Gasteiger partial charge in [-0.25, -0.2) is 0 Å². The van der Waals surface area contributed by atoms with Crippen molar-refractivity contribution in [3.8, 4) is 11.5 Å². The summed E-state index contributed by atoms with van der Waals surface area (Å²) >= 11 is 1.36. The van der Waals surface area contributed by atoms with E-state index < -0.39 is 5.91 Å². The Kier molecular flexibility index (Phi) is 6.85. The average Bonchev–Trinajstić information content (AvgIpc) is 3.54. The molecule has 8 nitrogen and oxygen atoms in total. The first-order valence-corrected chi connectivity index (χ1v) is 12.6. The van der Waals surface area contributed by atoms with Gasteiger partial charge >= 0.3 is 0 Å². The molecule has 1 amide bonds. The van der Waals surface area contributed by atoms with Gasteiger partial charge in [0.2, 0.25) is 5.17 Å². The van der Waals surface area contributed by atoms with Crippen molar-refractivity contribution in [1.82, 2.24) is 9.91 Å². The van der Waals surface area contributed by atoms with Crippen LogP contribution in [0.1, 0.15) is 30.4 Å². The van der Waals surface area contributed by atoms with Crippen molar-refractivity contribution < 1.29 is 14.3 Å². The number of aliphatic imine (C=N–C) groups is 1. The molecule has 0 spiro atoms.